The molecular formula is C8H14N6O. The molecule has 0 aliphatic heterocycles. The zero-order valence-corrected chi connectivity index (χ0v) is 8.36. The van der Waals surface area contributed by atoms with Gasteiger partial charge < -0.3 is 10.6 Å². The van der Waals surface area contributed by atoms with Crippen molar-refractivity contribution in [2.24, 2.45) is 5.92 Å². The molecule has 1 saturated carbocycles. The van der Waals surface area contributed by atoms with Crippen molar-refractivity contribution >= 4 is 5.91 Å². The molecule has 0 radical (unpaired) electrons. The van der Waals surface area contributed by atoms with Crippen LogP contribution in [-0.2, 0) is 11.3 Å². The summed E-state index contributed by atoms with van der Waals surface area (Å²) in [4.78, 5) is 11.3. The number of hydrogen-bond donors (Lipinski definition) is 3. The van der Waals surface area contributed by atoms with E-state index in [-0.39, 0.29) is 5.91 Å². The second-order valence-electron chi connectivity index (χ2n) is 3.68. The van der Waals surface area contributed by atoms with E-state index >= 15 is 0 Å². The average molecular weight is 210 g/mol. The van der Waals surface area contributed by atoms with Crippen molar-refractivity contribution in [1.29, 1.82) is 0 Å². The van der Waals surface area contributed by atoms with Gasteiger partial charge in [-0.25, -0.2) is 0 Å². The molecule has 0 bridgehead atoms. The number of tetrazole rings is 1. The molecule has 15 heavy (non-hydrogen) atoms. The predicted octanol–water partition coefficient (Wildman–Crippen LogP) is -1.18. The lowest BCUT2D eigenvalue weighted by Crippen LogP contribution is -2.34. The van der Waals surface area contributed by atoms with Crippen LogP contribution in [0.2, 0.25) is 0 Å². The normalized spacial score (nSPS) is 15.2. The third kappa shape index (κ3) is 3.62. The Morgan fingerprint density at radius 2 is 2.40 bits per heavy atom. The van der Waals surface area contributed by atoms with E-state index in [1.54, 1.807) is 0 Å². The molecule has 1 fully saturated rings. The first-order chi connectivity index (χ1) is 7.34. The van der Waals surface area contributed by atoms with E-state index in [2.05, 4.69) is 31.3 Å². The Bertz CT molecular complexity index is 307. The standard InChI is InChI=1S/C8H14N6O/c15-8(5-9-3-6-1-2-6)10-4-7-11-13-14-12-7/h6,9H,1-5H2,(H,10,15)(H,11,12,13,14). The van der Waals surface area contributed by atoms with Crippen molar-refractivity contribution < 1.29 is 4.79 Å². The summed E-state index contributed by atoms with van der Waals surface area (Å²) in [5, 5.41) is 19.0. The maximum absolute atomic E-state index is 11.3. The summed E-state index contributed by atoms with van der Waals surface area (Å²) in [6, 6.07) is 0. The maximum Gasteiger partial charge on any atom is 0.234 e. The zero-order valence-electron chi connectivity index (χ0n) is 8.36. The molecule has 0 saturated heterocycles. The van der Waals surface area contributed by atoms with Crippen molar-refractivity contribution in [3.63, 3.8) is 0 Å². The first kappa shape index (κ1) is 10.0. The van der Waals surface area contributed by atoms with Crippen molar-refractivity contribution in [3.8, 4) is 0 Å². The Kier molecular flexibility index (Phi) is 3.23. The third-order valence-corrected chi connectivity index (χ3v) is 2.25. The molecule has 1 aliphatic rings. The Labute approximate surface area is 87.0 Å². The summed E-state index contributed by atoms with van der Waals surface area (Å²) in [6.45, 7) is 1.62. The second kappa shape index (κ2) is 4.83. The van der Waals surface area contributed by atoms with E-state index in [0.717, 1.165) is 12.5 Å². The highest BCUT2D eigenvalue weighted by atomic mass is 16.1. The number of nitrogens with one attached hydrogen (secondary N) is 3. The van der Waals surface area contributed by atoms with Gasteiger partial charge in [0.25, 0.3) is 0 Å². The Morgan fingerprint density at radius 1 is 1.53 bits per heavy atom. The second-order valence-corrected chi connectivity index (χ2v) is 3.68. The van der Waals surface area contributed by atoms with Crippen molar-refractivity contribution in [2.45, 2.75) is 19.4 Å². The minimum Gasteiger partial charge on any atom is -0.348 e. The maximum atomic E-state index is 11.3. The lowest BCUT2D eigenvalue weighted by molar-refractivity contribution is -0.120. The molecule has 7 nitrogen and oxygen atoms in total. The van der Waals surface area contributed by atoms with E-state index in [9.17, 15) is 4.79 Å². The van der Waals surface area contributed by atoms with Crippen LogP contribution in [0.1, 0.15) is 18.7 Å². The van der Waals surface area contributed by atoms with Crippen LogP contribution in [0.25, 0.3) is 0 Å². The zero-order chi connectivity index (χ0) is 10.5. The number of aromatic nitrogens is 4. The van der Waals surface area contributed by atoms with Gasteiger partial charge in [0.15, 0.2) is 5.82 Å². The molecule has 0 spiro atoms. The van der Waals surface area contributed by atoms with E-state index in [4.69, 9.17) is 0 Å². The number of carbonyl (C=O) groups excluding carboxylic acids is 1. The lowest BCUT2D eigenvalue weighted by Gasteiger charge is -2.03. The van der Waals surface area contributed by atoms with Crippen LogP contribution in [0, 0.1) is 5.92 Å². The number of nitrogens with zero attached hydrogens (tertiary/aromatic N) is 3. The minimum absolute atomic E-state index is 0.0412. The minimum atomic E-state index is -0.0412. The molecule has 82 valence electrons. The third-order valence-electron chi connectivity index (χ3n) is 2.25. The van der Waals surface area contributed by atoms with Gasteiger partial charge >= 0.3 is 0 Å². The van der Waals surface area contributed by atoms with Gasteiger partial charge in [0, 0.05) is 0 Å². The molecule has 0 unspecified atom stereocenters. The quantitative estimate of drug-likeness (QED) is 0.549. The van der Waals surface area contributed by atoms with Gasteiger partial charge in [-0.3, -0.25) is 4.79 Å². The summed E-state index contributed by atoms with van der Waals surface area (Å²) in [5.74, 6) is 1.24. The molecule has 0 aromatic carbocycles. The average Bonchev–Trinajstić information content (AvgIpc) is 2.91. The van der Waals surface area contributed by atoms with Crippen molar-refractivity contribution in [2.75, 3.05) is 13.1 Å². The number of rotatable bonds is 6. The van der Waals surface area contributed by atoms with Crippen LogP contribution in [0.5, 0.6) is 0 Å². The summed E-state index contributed by atoms with van der Waals surface area (Å²) in [6.07, 6.45) is 2.58. The monoisotopic (exact) mass is 210 g/mol. The summed E-state index contributed by atoms with van der Waals surface area (Å²) in [5.41, 5.74) is 0. The lowest BCUT2D eigenvalue weighted by atomic mass is 10.4. The molecule has 2 rings (SSSR count). The fourth-order valence-electron chi connectivity index (χ4n) is 1.21. The van der Waals surface area contributed by atoms with Crippen LogP contribution >= 0.6 is 0 Å². The Balaban J connectivity index is 1.55. The van der Waals surface area contributed by atoms with Gasteiger partial charge in [0.1, 0.15) is 0 Å². The van der Waals surface area contributed by atoms with Crippen molar-refractivity contribution in [3.05, 3.63) is 5.82 Å². The predicted molar refractivity (Wildman–Crippen MR) is 51.6 cm³/mol. The van der Waals surface area contributed by atoms with Gasteiger partial charge in [-0.05, 0) is 25.3 Å². The Hall–Kier alpha value is -1.50. The van der Waals surface area contributed by atoms with Crippen LogP contribution < -0.4 is 10.6 Å². The summed E-state index contributed by atoms with van der Waals surface area (Å²) < 4.78 is 0. The molecule has 3 N–H and O–H groups in total. The summed E-state index contributed by atoms with van der Waals surface area (Å²) >= 11 is 0. The number of H-pyrrole nitrogens is 1. The van der Waals surface area contributed by atoms with Crippen LogP contribution in [0.4, 0.5) is 0 Å². The highest BCUT2D eigenvalue weighted by Crippen LogP contribution is 2.27. The highest BCUT2D eigenvalue weighted by molar-refractivity contribution is 5.77. The molecule has 7 heteroatoms. The van der Waals surface area contributed by atoms with Gasteiger partial charge in [-0.1, -0.05) is 5.21 Å². The van der Waals surface area contributed by atoms with E-state index in [1.165, 1.54) is 12.8 Å². The number of amides is 1. The van der Waals surface area contributed by atoms with Crippen molar-refractivity contribution in [1.82, 2.24) is 31.3 Å². The molecule has 1 aromatic rings. The fraction of sp³-hybridized carbons (Fsp3) is 0.750. The van der Waals surface area contributed by atoms with E-state index in [1.807, 2.05) is 0 Å². The van der Waals surface area contributed by atoms with Gasteiger partial charge in [-0.2, -0.15) is 5.21 Å². The topological polar surface area (TPSA) is 95.6 Å². The number of carbonyl (C=O) groups is 1. The smallest absolute Gasteiger partial charge is 0.234 e. The van der Waals surface area contributed by atoms with Gasteiger partial charge in [-0.15, -0.1) is 10.2 Å². The molecule has 1 amide bonds. The van der Waals surface area contributed by atoms with E-state index in [0.29, 0.717) is 18.9 Å². The van der Waals surface area contributed by atoms with Crippen LogP contribution in [0.15, 0.2) is 0 Å². The molecule has 1 heterocycles. The van der Waals surface area contributed by atoms with E-state index < -0.39 is 0 Å². The molecule has 1 aromatic heterocycles. The highest BCUT2D eigenvalue weighted by Gasteiger charge is 2.20. The summed E-state index contributed by atoms with van der Waals surface area (Å²) in [7, 11) is 0. The largest absolute Gasteiger partial charge is 0.348 e. The SMILES string of the molecule is O=C(CNCC1CC1)NCc1nn[nH]n1. The van der Waals surface area contributed by atoms with Crippen LogP contribution in [-0.4, -0.2) is 39.6 Å². The van der Waals surface area contributed by atoms with Crippen LogP contribution in [0.3, 0.4) is 0 Å². The molecular weight excluding hydrogens is 196 g/mol. The number of hydrogen-bond acceptors (Lipinski definition) is 5. The Morgan fingerprint density at radius 3 is 3.07 bits per heavy atom. The van der Waals surface area contributed by atoms with Gasteiger partial charge in [0.2, 0.25) is 5.91 Å². The number of aromatic amines is 1. The fourth-order valence-corrected chi connectivity index (χ4v) is 1.21. The first-order valence-electron chi connectivity index (χ1n) is 5.04. The first-order valence-corrected chi connectivity index (χ1v) is 5.04. The van der Waals surface area contributed by atoms with Gasteiger partial charge in [0.05, 0.1) is 13.1 Å². The molecule has 1 aliphatic carbocycles. The molecule has 0 atom stereocenters.